The van der Waals surface area contributed by atoms with Crippen LogP contribution in [0.15, 0.2) is 15.7 Å². The summed E-state index contributed by atoms with van der Waals surface area (Å²) in [7, 11) is -1.71. The quantitative estimate of drug-likeness (QED) is 0.612. The van der Waals surface area contributed by atoms with Crippen LogP contribution in [0.2, 0.25) is 0 Å². The number of sulfonamides is 1. The first-order chi connectivity index (χ1) is 9.60. The van der Waals surface area contributed by atoms with E-state index < -0.39 is 10.0 Å². The number of unbranched alkanes of at least 4 members (excludes halogenated alkanes) is 1. The summed E-state index contributed by atoms with van der Waals surface area (Å²) in [6.45, 7) is 4.87. The van der Waals surface area contributed by atoms with Crippen LogP contribution in [0.25, 0.3) is 0 Å². The van der Waals surface area contributed by atoms with Gasteiger partial charge in [0.2, 0.25) is 10.0 Å². The van der Waals surface area contributed by atoms with Gasteiger partial charge in [0.05, 0.1) is 0 Å². The highest BCUT2D eigenvalue weighted by molar-refractivity contribution is 7.91. The minimum absolute atomic E-state index is 0.387. The van der Waals surface area contributed by atoms with Gasteiger partial charge in [-0.25, -0.2) is 13.1 Å². The molecule has 20 heavy (non-hydrogen) atoms. The van der Waals surface area contributed by atoms with E-state index in [2.05, 4.69) is 17.0 Å². The minimum Gasteiger partial charge on any atom is -0.385 e. The van der Waals surface area contributed by atoms with Crippen molar-refractivity contribution in [1.29, 1.82) is 0 Å². The number of thiophene rings is 1. The predicted octanol–water partition coefficient (Wildman–Crippen LogP) is 1.95. The number of rotatable bonds is 11. The molecule has 116 valence electrons. The van der Waals surface area contributed by atoms with E-state index in [1.54, 1.807) is 13.2 Å². The van der Waals surface area contributed by atoms with Crippen molar-refractivity contribution in [2.75, 3.05) is 26.8 Å². The molecule has 1 aromatic rings. The topological polar surface area (TPSA) is 67.4 Å². The molecule has 0 aliphatic carbocycles. The van der Waals surface area contributed by atoms with E-state index in [4.69, 9.17) is 4.74 Å². The summed E-state index contributed by atoms with van der Waals surface area (Å²) in [6, 6.07) is 1.74. The molecule has 0 atom stereocenters. The van der Waals surface area contributed by atoms with Crippen LogP contribution >= 0.6 is 11.3 Å². The Hall–Kier alpha value is -0.470. The summed E-state index contributed by atoms with van der Waals surface area (Å²) in [5, 5.41) is 5.15. The third kappa shape index (κ3) is 6.32. The average molecular weight is 320 g/mol. The molecule has 2 N–H and O–H groups in total. The van der Waals surface area contributed by atoms with Gasteiger partial charge in [0.25, 0.3) is 0 Å². The summed E-state index contributed by atoms with van der Waals surface area (Å²) < 4.78 is 32.0. The van der Waals surface area contributed by atoms with E-state index in [-0.39, 0.29) is 0 Å². The third-order valence-corrected chi connectivity index (χ3v) is 5.67. The van der Waals surface area contributed by atoms with Gasteiger partial charge in [0, 0.05) is 26.8 Å². The predicted molar refractivity (Wildman–Crippen MR) is 82.6 cm³/mol. The largest absolute Gasteiger partial charge is 0.385 e. The van der Waals surface area contributed by atoms with E-state index in [0.29, 0.717) is 23.9 Å². The van der Waals surface area contributed by atoms with Crippen molar-refractivity contribution in [3.8, 4) is 0 Å². The van der Waals surface area contributed by atoms with Gasteiger partial charge < -0.3 is 10.1 Å². The number of hydrogen-bond acceptors (Lipinski definition) is 5. The zero-order valence-electron chi connectivity index (χ0n) is 12.1. The standard InChI is InChI=1S/C13H24N2O3S2/c1-3-6-14-10-12-9-13(19-11-12)20(16,17)15-7-4-5-8-18-2/h9,11,14-15H,3-8,10H2,1-2H3. The molecular weight excluding hydrogens is 296 g/mol. The van der Waals surface area contributed by atoms with Crippen molar-refractivity contribution in [3.05, 3.63) is 17.0 Å². The Morgan fingerprint density at radius 3 is 2.80 bits per heavy atom. The van der Waals surface area contributed by atoms with Crippen LogP contribution in [0.1, 0.15) is 31.7 Å². The van der Waals surface area contributed by atoms with Gasteiger partial charge in [-0.05, 0) is 42.8 Å². The summed E-state index contributed by atoms with van der Waals surface area (Å²) in [4.78, 5) is 0. The van der Waals surface area contributed by atoms with Gasteiger partial charge in [-0.3, -0.25) is 0 Å². The summed E-state index contributed by atoms with van der Waals surface area (Å²) in [5.74, 6) is 0. The third-order valence-electron chi connectivity index (χ3n) is 2.72. The molecule has 0 saturated carbocycles. The molecule has 7 heteroatoms. The molecule has 1 rings (SSSR count). The lowest BCUT2D eigenvalue weighted by molar-refractivity contribution is 0.193. The van der Waals surface area contributed by atoms with Crippen LogP contribution in [0.3, 0.4) is 0 Å². The number of ether oxygens (including phenoxy) is 1. The lowest BCUT2D eigenvalue weighted by atomic mass is 10.3. The fraction of sp³-hybridized carbons (Fsp3) is 0.692. The van der Waals surface area contributed by atoms with Crippen LogP contribution in [0.4, 0.5) is 0 Å². The Balaban J connectivity index is 2.42. The maximum absolute atomic E-state index is 12.1. The average Bonchev–Trinajstić information content (AvgIpc) is 2.88. The first-order valence-corrected chi connectivity index (χ1v) is 9.23. The van der Waals surface area contributed by atoms with Gasteiger partial charge >= 0.3 is 0 Å². The van der Waals surface area contributed by atoms with Crippen molar-refractivity contribution < 1.29 is 13.2 Å². The molecule has 0 aliphatic heterocycles. The molecule has 0 radical (unpaired) electrons. The molecule has 0 aliphatic rings. The highest BCUT2D eigenvalue weighted by Gasteiger charge is 2.15. The van der Waals surface area contributed by atoms with Gasteiger partial charge in [-0.2, -0.15) is 0 Å². The van der Waals surface area contributed by atoms with E-state index >= 15 is 0 Å². The Kier molecular flexibility index (Phi) is 8.32. The van der Waals surface area contributed by atoms with Gasteiger partial charge in [-0.1, -0.05) is 6.92 Å². The molecule has 1 aromatic heterocycles. The molecule has 0 aromatic carbocycles. The van der Waals surface area contributed by atoms with Crippen LogP contribution in [-0.2, 0) is 21.3 Å². The van der Waals surface area contributed by atoms with Crippen LogP contribution in [-0.4, -0.2) is 35.2 Å². The SMILES string of the molecule is CCCNCc1csc(S(=O)(=O)NCCCCOC)c1. The molecule has 0 fully saturated rings. The molecule has 0 unspecified atom stereocenters. The lowest BCUT2D eigenvalue weighted by Gasteiger charge is -2.04. The lowest BCUT2D eigenvalue weighted by Crippen LogP contribution is -2.24. The van der Waals surface area contributed by atoms with Crippen molar-refractivity contribution >= 4 is 21.4 Å². The normalized spacial score (nSPS) is 11.9. The number of hydrogen-bond donors (Lipinski definition) is 2. The summed E-state index contributed by atoms with van der Waals surface area (Å²) >= 11 is 1.27. The number of methoxy groups -OCH3 is 1. The van der Waals surface area contributed by atoms with Crippen LogP contribution in [0, 0.1) is 0 Å². The van der Waals surface area contributed by atoms with Crippen LogP contribution in [0.5, 0.6) is 0 Å². The van der Waals surface area contributed by atoms with Crippen LogP contribution < -0.4 is 10.0 Å². The fourth-order valence-corrected chi connectivity index (χ4v) is 3.97. The second-order valence-electron chi connectivity index (χ2n) is 4.55. The first kappa shape index (κ1) is 17.6. The Labute approximate surface area is 125 Å². The highest BCUT2D eigenvalue weighted by Crippen LogP contribution is 2.20. The maximum atomic E-state index is 12.1. The van der Waals surface area contributed by atoms with Crippen molar-refractivity contribution in [1.82, 2.24) is 10.0 Å². The van der Waals surface area contributed by atoms with Gasteiger partial charge in [0.1, 0.15) is 4.21 Å². The monoisotopic (exact) mass is 320 g/mol. The van der Waals surface area contributed by atoms with E-state index in [1.165, 1.54) is 11.3 Å². The molecule has 0 amide bonds. The maximum Gasteiger partial charge on any atom is 0.250 e. The van der Waals surface area contributed by atoms with Gasteiger partial charge in [-0.15, -0.1) is 11.3 Å². The van der Waals surface area contributed by atoms with Crippen molar-refractivity contribution in [2.24, 2.45) is 0 Å². The van der Waals surface area contributed by atoms with Gasteiger partial charge in [0.15, 0.2) is 0 Å². The highest BCUT2D eigenvalue weighted by atomic mass is 32.2. The summed E-state index contributed by atoms with van der Waals surface area (Å²) in [5.41, 5.74) is 1.02. The fourth-order valence-electron chi connectivity index (χ4n) is 1.65. The first-order valence-electron chi connectivity index (χ1n) is 6.87. The summed E-state index contributed by atoms with van der Waals surface area (Å²) in [6.07, 6.45) is 2.71. The molecule has 0 saturated heterocycles. The Morgan fingerprint density at radius 2 is 2.10 bits per heavy atom. The van der Waals surface area contributed by atoms with E-state index in [0.717, 1.165) is 31.4 Å². The minimum atomic E-state index is -3.36. The molecule has 0 spiro atoms. The Bertz CT molecular complexity index is 472. The van der Waals surface area contributed by atoms with E-state index in [9.17, 15) is 8.42 Å². The smallest absolute Gasteiger partial charge is 0.250 e. The molecule has 0 bridgehead atoms. The second-order valence-corrected chi connectivity index (χ2v) is 7.45. The van der Waals surface area contributed by atoms with Crippen molar-refractivity contribution in [3.63, 3.8) is 0 Å². The number of nitrogens with one attached hydrogen (secondary N) is 2. The molecule has 5 nitrogen and oxygen atoms in total. The Morgan fingerprint density at radius 1 is 1.30 bits per heavy atom. The zero-order chi connectivity index (χ0) is 14.8. The van der Waals surface area contributed by atoms with E-state index in [1.807, 2.05) is 5.38 Å². The second kappa shape index (κ2) is 9.46. The molecule has 1 heterocycles. The van der Waals surface area contributed by atoms with Crippen molar-refractivity contribution in [2.45, 2.75) is 36.9 Å². The molecular formula is C13H24N2O3S2. The zero-order valence-corrected chi connectivity index (χ0v) is 13.8.